The third kappa shape index (κ3) is 4.31. The predicted molar refractivity (Wildman–Crippen MR) is 76.4 cm³/mol. The van der Waals surface area contributed by atoms with Crippen molar-refractivity contribution in [2.45, 2.75) is 30.3 Å². The van der Waals surface area contributed by atoms with Crippen molar-refractivity contribution in [1.82, 2.24) is 0 Å². The molecule has 0 radical (unpaired) electrons. The van der Waals surface area contributed by atoms with Crippen molar-refractivity contribution in [3.63, 3.8) is 0 Å². The third-order valence-electron chi connectivity index (χ3n) is 3.23. The Morgan fingerprint density at radius 2 is 1.90 bits per heavy atom. The Bertz CT molecular complexity index is 524. The summed E-state index contributed by atoms with van der Waals surface area (Å²) in [4.78, 5) is 11.3. The third-order valence-corrected chi connectivity index (χ3v) is 5.74. The fraction of sp³-hybridized carbons (Fsp3) is 0.500. The Labute approximate surface area is 119 Å². The molecule has 6 heteroatoms. The van der Waals surface area contributed by atoms with Gasteiger partial charge < -0.3 is 9.84 Å². The predicted octanol–water partition coefficient (Wildman–Crippen LogP) is 1.52. The molecular weight excluding hydrogens is 280 g/mol. The lowest BCUT2D eigenvalue weighted by atomic mass is 10.1. The number of ether oxygens (including phenoxy) is 1. The van der Waals surface area contributed by atoms with E-state index in [1.165, 1.54) is 14.0 Å². The van der Waals surface area contributed by atoms with Crippen LogP contribution in [0.4, 0.5) is 0 Å². The molecule has 20 heavy (non-hydrogen) atoms. The number of methoxy groups -OCH3 is 1. The Kier molecular flexibility index (Phi) is 6.16. The van der Waals surface area contributed by atoms with Gasteiger partial charge in [-0.15, -0.1) is 0 Å². The summed E-state index contributed by atoms with van der Waals surface area (Å²) in [5.74, 6) is -1.31. The van der Waals surface area contributed by atoms with Crippen LogP contribution in [-0.2, 0) is 25.8 Å². The largest absolute Gasteiger partial charge is 0.480 e. The number of hydrogen-bond acceptors (Lipinski definition) is 4. The van der Waals surface area contributed by atoms with Crippen LogP contribution in [0.2, 0.25) is 0 Å². The van der Waals surface area contributed by atoms with E-state index in [2.05, 4.69) is 0 Å². The fourth-order valence-electron chi connectivity index (χ4n) is 1.90. The van der Waals surface area contributed by atoms with E-state index in [4.69, 9.17) is 4.74 Å². The molecule has 0 saturated carbocycles. The molecule has 1 aromatic carbocycles. The van der Waals surface area contributed by atoms with Crippen LogP contribution in [0.3, 0.4) is 0 Å². The van der Waals surface area contributed by atoms with Crippen LogP contribution in [0.15, 0.2) is 30.3 Å². The molecule has 0 heterocycles. The smallest absolute Gasteiger partial charge is 0.322 e. The summed E-state index contributed by atoms with van der Waals surface area (Å²) in [6.07, 6.45) is 0.271. The molecular formula is C14H20O5S. The van der Waals surface area contributed by atoms with Crippen molar-refractivity contribution in [3.8, 4) is 0 Å². The fourth-order valence-corrected chi connectivity index (χ4v) is 3.59. The SMILES string of the molecule is COCCC(C)S(=O)(=O)C(Cc1ccccc1)C(=O)O. The molecule has 0 amide bonds. The average Bonchev–Trinajstić information content (AvgIpc) is 2.42. The maximum Gasteiger partial charge on any atom is 0.322 e. The molecule has 0 aliphatic rings. The van der Waals surface area contributed by atoms with Crippen LogP contribution in [0.5, 0.6) is 0 Å². The van der Waals surface area contributed by atoms with Crippen LogP contribution in [-0.4, -0.2) is 43.7 Å². The average molecular weight is 300 g/mol. The minimum absolute atomic E-state index is 0.0180. The van der Waals surface area contributed by atoms with Crippen LogP contribution >= 0.6 is 0 Å². The summed E-state index contributed by atoms with van der Waals surface area (Å²) in [7, 11) is -2.27. The molecule has 112 valence electrons. The molecule has 0 aliphatic heterocycles. The highest BCUT2D eigenvalue weighted by molar-refractivity contribution is 7.93. The van der Waals surface area contributed by atoms with Crippen LogP contribution < -0.4 is 0 Å². The summed E-state index contributed by atoms with van der Waals surface area (Å²) < 4.78 is 29.5. The molecule has 0 aliphatic carbocycles. The van der Waals surface area contributed by atoms with Crippen molar-refractivity contribution < 1.29 is 23.1 Å². The van der Waals surface area contributed by atoms with Gasteiger partial charge in [0.25, 0.3) is 0 Å². The van der Waals surface area contributed by atoms with E-state index in [0.29, 0.717) is 5.56 Å². The number of sulfone groups is 1. The Morgan fingerprint density at radius 3 is 2.40 bits per heavy atom. The maximum atomic E-state index is 12.3. The number of carboxylic acids is 1. The zero-order valence-electron chi connectivity index (χ0n) is 11.7. The van der Waals surface area contributed by atoms with E-state index < -0.39 is 26.3 Å². The van der Waals surface area contributed by atoms with Gasteiger partial charge in [-0.3, -0.25) is 4.79 Å². The molecule has 0 saturated heterocycles. The van der Waals surface area contributed by atoms with Gasteiger partial charge in [0.2, 0.25) is 0 Å². The quantitative estimate of drug-likeness (QED) is 0.787. The first-order valence-electron chi connectivity index (χ1n) is 6.38. The number of carbonyl (C=O) groups is 1. The van der Waals surface area contributed by atoms with Crippen molar-refractivity contribution in [2.75, 3.05) is 13.7 Å². The highest BCUT2D eigenvalue weighted by Gasteiger charge is 2.36. The van der Waals surface area contributed by atoms with Crippen LogP contribution in [0.1, 0.15) is 18.9 Å². The highest BCUT2D eigenvalue weighted by Crippen LogP contribution is 2.18. The van der Waals surface area contributed by atoms with E-state index >= 15 is 0 Å². The molecule has 1 rings (SSSR count). The van der Waals surface area contributed by atoms with E-state index in [0.717, 1.165) is 0 Å². The second-order valence-corrected chi connectivity index (χ2v) is 7.25. The lowest BCUT2D eigenvalue weighted by Crippen LogP contribution is -2.38. The molecule has 0 spiro atoms. The lowest BCUT2D eigenvalue weighted by molar-refractivity contribution is -0.136. The minimum atomic E-state index is -3.75. The topological polar surface area (TPSA) is 80.7 Å². The normalized spacial score (nSPS) is 14.7. The van der Waals surface area contributed by atoms with Gasteiger partial charge in [-0.05, 0) is 25.3 Å². The number of hydrogen-bond donors (Lipinski definition) is 1. The van der Waals surface area contributed by atoms with E-state index in [-0.39, 0.29) is 19.4 Å². The molecule has 2 unspecified atom stereocenters. The number of benzene rings is 1. The van der Waals surface area contributed by atoms with Gasteiger partial charge in [0.05, 0.1) is 5.25 Å². The molecule has 0 bridgehead atoms. The molecule has 1 aromatic rings. The van der Waals surface area contributed by atoms with E-state index in [1.54, 1.807) is 30.3 Å². The first-order valence-corrected chi connectivity index (χ1v) is 7.99. The van der Waals surface area contributed by atoms with Crippen LogP contribution in [0, 0.1) is 0 Å². The Balaban J connectivity index is 2.93. The lowest BCUT2D eigenvalue weighted by Gasteiger charge is -2.19. The van der Waals surface area contributed by atoms with E-state index in [9.17, 15) is 18.3 Å². The number of rotatable bonds is 8. The molecule has 0 fully saturated rings. The summed E-state index contributed by atoms with van der Waals surface area (Å²) in [6, 6.07) is 8.77. The van der Waals surface area contributed by atoms with Crippen molar-refractivity contribution in [1.29, 1.82) is 0 Å². The van der Waals surface area contributed by atoms with Gasteiger partial charge in [0, 0.05) is 13.7 Å². The summed E-state index contributed by atoms with van der Waals surface area (Å²) in [5, 5.41) is 7.07. The maximum absolute atomic E-state index is 12.3. The standard InChI is InChI=1S/C14H20O5S/c1-11(8-9-19-2)20(17,18)13(14(15)16)10-12-6-4-3-5-7-12/h3-7,11,13H,8-10H2,1-2H3,(H,15,16). The van der Waals surface area contributed by atoms with Gasteiger partial charge >= 0.3 is 5.97 Å². The minimum Gasteiger partial charge on any atom is -0.480 e. The second kappa shape index (κ2) is 7.40. The number of aliphatic carboxylic acids is 1. The van der Waals surface area contributed by atoms with E-state index in [1.807, 2.05) is 0 Å². The van der Waals surface area contributed by atoms with Gasteiger partial charge in [0.1, 0.15) is 0 Å². The van der Waals surface area contributed by atoms with Crippen LogP contribution in [0.25, 0.3) is 0 Å². The van der Waals surface area contributed by atoms with Gasteiger partial charge in [0.15, 0.2) is 15.1 Å². The Hall–Kier alpha value is -1.40. The summed E-state index contributed by atoms with van der Waals surface area (Å²) in [6.45, 7) is 1.81. The molecule has 5 nitrogen and oxygen atoms in total. The van der Waals surface area contributed by atoms with Gasteiger partial charge in [-0.2, -0.15) is 0 Å². The monoisotopic (exact) mass is 300 g/mol. The van der Waals surface area contributed by atoms with Crippen molar-refractivity contribution >= 4 is 15.8 Å². The summed E-state index contributed by atoms with van der Waals surface area (Å²) >= 11 is 0. The Morgan fingerprint density at radius 1 is 1.30 bits per heavy atom. The zero-order chi connectivity index (χ0) is 15.2. The molecule has 1 N–H and O–H groups in total. The summed E-state index contributed by atoms with van der Waals surface area (Å²) in [5.41, 5.74) is 0.697. The van der Waals surface area contributed by atoms with Gasteiger partial charge in [-0.1, -0.05) is 30.3 Å². The van der Waals surface area contributed by atoms with Crippen molar-refractivity contribution in [2.24, 2.45) is 0 Å². The molecule has 0 aromatic heterocycles. The highest BCUT2D eigenvalue weighted by atomic mass is 32.2. The zero-order valence-corrected chi connectivity index (χ0v) is 12.5. The number of carboxylic acid groups (broad SMARTS) is 1. The first kappa shape index (κ1) is 16.7. The van der Waals surface area contributed by atoms with Crippen molar-refractivity contribution in [3.05, 3.63) is 35.9 Å². The molecule has 2 atom stereocenters. The van der Waals surface area contributed by atoms with Gasteiger partial charge in [-0.25, -0.2) is 8.42 Å². The second-order valence-electron chi connectivity index (χ2n) is 4.70. The first-order chi connectivity index (χ1) is 9.39.